The monoisotopic (exact) mass is 322 g/mol. The SMILES string of the molecule is CCc1ccc(C2COCCN2CC(O)CN2CCCC2=O)o1. The average molecular weight is 322 g/mol. The van der Waals surface area contributed by atoms with Crippen LogP contribution in [-0.4, -0.2) is 66.3 Å². The lowest BCUT2D eigenvalue weighted by Gasteiger charge is -2.36. The molecule has 0 saturated carbocycles. The number of hydrogen-bond donors (Lipinski definition) is 1. The van der Waals surface area contributed by atoms with Crippen LogP contribution in [0.2, 0.25) is 0 Å². The molecule has 2 aliphatic rings. The van der Waals surface area contributed by atoms with Crippen LogP contribution in [0, 0.1) is 0 Å². The summed E-state index contributed by atoms with van der Waals surface area (Å²) in [5.41, 5.74) is 0. The first-order valence-corrected chi connectivity index (χ1v) is 8.53. The van der Waals surface area contributed by atoms with Gasteiger partial charge in [0.25, 0.3) is 0 Å². The molecule has 6 heteroatoms. The summed E-state index contributed by atoms with van der Waals surface area (Å²) in [4.78, 5) is 15.7. The van der Waals surface area contributed by atoms with Gasteiger partial charge in [-0.05, 0) is 18.6 Å². The highest BCUT2D eigenvalue weighted by Gasteiger charge is 2.30. The van der Waals surface area contributed by atoms with Gasteiger partial charge in [0.15, 0.2) is 0 Å². The fourth-order valence-electron chi connectivity index (χ4n) is 3.36. The second kappa shape index (κ2) is 7.47. The van der Waals surface area contributed by atoms with E-state index in [9.17, 15) is 9.90 Å². The van der Waals surface area contributed by atoms with Crippen LogP contribution in [-0.2, 0) is 16.0 Å². The number of carbonyl (C=O) groups excluding carboxylic acids is 1. The van der Waals surface area contributed by atoms with E-state index < -0.39 is 6.10 Å². The summed E-state index contributed by atoms with van der Waals surface area (Å²) in [6.45, 7) is 5.77. The Morgan fingerprint density at radius 3 is 2.91 bits per heavy atom. The molecular formula is C17H26N2O4. The molecule has 6 nitrogen and oxygen atoms in total. The minimum absolute atomic E-state index is 0.0352. The van der Waals surface area contributed by atoms with Gasteiger partial charge < -0.3 is 19.2 Å². The van der Waals surface area contributed by atoms with Gasteiger partial charge in [0, 0.05) is 39.0 Å². The standard InChI is InChI=1S/C17H26N2O4/c1-2-14-5-6-16(23-14)15-12-22-9-8-18(15)10-13(20)11-19-7-3-4-17(19)21/h5-6,13,15,20H,2-4,7-12H2,1H3. The minimum atomic E-state index is -0.543. The van der Waals surface area contributed by atoms with Gasteiger partial charge in [0.1, 0.15) is 11.5 Å². The summed E-state index contributed by atoms with van der Waals surface area (Å²) in [5.74, 6) is 2.01. The topological polar surface area (TPSA) is 66.2 Å². The van der Waals surface area contributed by atoms with Crippen molar-refractivity contribution in [2.75, 3.05) is 39.4 Å². The first kappa shape index (κ1) is 16.5. The van der Waals surface area contributed by atoms with Crippen molar-refractivity contribution >= 4 is 5.91 Å². The summed E-state index contributed by atoms with van der Waals surface area (Å²) in [7, 11) is 0. The van der Waals surface area contributed by atoms with Crippen molar-refractivity contribution in [2.24, 2.45) is 0 Å². The Balaban J connectivity index is 1.60. The number of furan rings is 1. The Labute approximate surface area is 137 Å². The van der Waals surface area contributed by atoms with Gasteiger partial charge >= 0.3 is 0 Å². The van der Waals surface area contributed by atoms with Crippen molar-refractivity contribution in [3.63, 3.8) is 0 Å². The molecule has 2 saturated heterocycles. The maximum absolute atomic E-state index is 11.7. The van der Waals surface area contributed by atoms with E-state index in [4.69, 9.17) is 9.15 Å². The van der Waals surface area contributed by atoms with Crippen LogP contribution < -0.4 is 0 Å². The summed E-state index contributed by atoms with van der Waals surface area (Å²) in [6.07, 6.45) is 1.84. The Hall–Kier alpha value is -1.37. The Kier molecular flexibility index (Phi) is 5.35. The van der Waals surface area contributed by atoms with Crippen LogP contribution in [0.25, 0.3) is 0 Å². The summed E-state index contributed by atoms with van der Waals surface area (Å²) < 4.78 is 11.5. The molecule has 2 unspecified atom stereocenters. The zero-order valence-electron chi connectivity index (χ0n) is 13.7. The number of morpholine rings is 1. The zero-order valence-corrected chi connectivity index (χ0v) is 13.7. The van der Waals surface area contributed by atoms with Gasteiger partial charge in [-0.1, -0.05) is 6.92 Å². The molecule has 2 atom stereocenters. The van der Waals surface area contributed by atoms with E-state index in [1.807, 2.05) is 12.1 Å². The van der Waals surface area contributed by atoms with Crippen LogP contribution in [0.5, 0.6) is 0 Å². The van der Waals surface area contributed by atoms with Crippen LogP contribution in [0.4, 0.5) is 0 Å². The van der Waals surface area contributed by atoms with Gasteiger partial charge in [-0.3, -0.25) is 9.69 Å². The third-order valence-corrected chi connectivity index (χ3v) is 4.65. The van der Waals surface area contributed by atoms with E-state index in [1.165, 1.54) is 0 Å². The Morgan fingerprint density at radius 1 is 1.35 bits per heavy atom. The number of amides is 1. The van der Waals surface area contributed by atoms with Gasteiger partial charge in [-0.25, -0.2) is 0 Å². The number of nitrogens with zero attached hydrogens (tertiary/aromatic N) is 2. The Morgan fingerprint density at radius 2 is 2.22 bits per heavy atom. The van der Waals surface area contributed by atoms with Crippen LogP contribution in [0.15, 0.2) is 16.5 Å². The number of carbonyl (C=O) groups is 1. The van der Waals surface area contributed by atoms with E-state index in [2.05, 4.69) is 11.8 Å². The second-order valence-electron chi connectivity index (χ2n) is 6.34. The maximum Gasteiger partial charge on any atom is 0.222 e. The Bertz CT molecular complexity index is 530. The van der Waals surface area contributed by atoms with Crippen LogP contribution >= 0.6 is 0 Å². The lowest BCUT2D eigenvalue weighted by molar-refractivity contribution is -0.129. The lowest BCUT2D eigenvalue weighted by Crippen LogP contribution is -2.46. The first-order chi connectivity index (χ1) is 11.2. The van der Waals surface area contributed by atoms with Crippen molar-refractivity contribution in [1.82, 2.24) is 9.80 Å². The third kappa shape index (κ3) is 3.94. The molecule has 1 amide bonds. The predicted molar refractivity (Wildman–Crippen MR) is 85.0 cm³/mol. The normalized spacial score (nSPS) is 24.3. The number of likely N-dealkylation sites (tertiary alicyclic amines) is 1. The fourth-order valence-corrected chi connectivity index (χ4v) is 3.36. The average Bonchev–Trinajstić information content (AvgIpc) is 3.17. The van der Waals surface area contributed by atoms with E-state index in [1.54, 1.807) is 4.90 Å². The fraction of sp³-hybridized carbons (Fsp3) is 0.706. The minimum Gasteiger partial charge on any atom is -0.464 e. The summed E-state index contributed by atoms with van der Waals surface area (Å²) >= 11 is 0. The molecular weight excluding hydrogens is 296 g/mol. The summed E-state index contributed by atoms with van der Waals surface area (Å²) in [5, 5.41) is 10.4. The van der Waals surface area contributed by atoms with Gasteiger partial charge in [0.2, 0.25) is 5.91 Å². The number of aliphatic hydroxyl groups excluding tert-OH is 1. The number of ether oxygens (including phenoxy) is 1. The third-order valence-electron chi connectivity index (χ3n) is 4.65. The molecule has 23 heavy (non-hydrogen) atoms. The van der Waals surface area contributed by atoms with Gasteiger partial charge in [-0.2, -0.15) is 0 Å². The smallest absolute Gasteiger partial charge is 0.222 e. The van der Waals surface area contributed by atoms with Crippen molar-refractivity contribution in [1.29, 1.82) is 0 Å². The molecule has 0 spiro atoms. The molecule has 2 aliphatic heterocycles. The molecule has 0 bridgehead atoms. The highest BCUT2D eigenvalue weighted by atomic mass is 16.5. The molecule has 0 aromatic carbocycles. The van der Waals surface area contributed by atoms with Gasteiger partial charge in [0.05, 0.1) is 25.4 Å². The van der Waals surface area contributed by atoms with E-state index in [0.717, 1.165) is 37.5 Å². The second-order valence-corrected chi connectivity index (χ2v) is 6.34. The van der Waals surface area contributed by atoms with Crippen molar-refractivity contribution in [3.05, 3.63) is 23.7 Å². The number of aryl methyl sites for hydroxylation is 1. The molecule has 3 heterocycles. The molecule has 1 aromatic rings. The molecule has 1 N–H and O–H groups in total. The van der Waals surface area contributed by atoms with Crippen molar-refractivity contribution in [2.45, 2.75) is 38.3 Å². The van der Waals surface area contributed by atoms with E-state index in [0.29, 0.717) is 32.7 Å². The van der Waals surface area contributed by atoms with Gasteiger partial charge in [-0.15, -0.1) is 0 Å². The number of aliphatic hydroxyl groups is 1. The number of rotatable bonds is 6. The number of β-amino-alcohol motifs (C(OH)–C–C–N with tert-alkyl or cyclic N) is 1. The molecule has 3 rings (SSSR count). The zero-order chi connectivity index (χ0) is 16.2. The van der Waals surface area contributed by atoms with E-state index in [-0.39, 0.29) is 11.9 Å². The highest BCUT2D eigenvalue weighted by Crippen LogP contribution is 2.26. The molecule has 1 aromatic heterocycles. The first-order valence-electron chi connectivity index (χ1n) is 8.53. The maximum atomic E-state index is 11.7. The molecule has 0 radical (unpaired) electrons. The molecule has 128 valence electrons. The largest absolute Gasteiger partial charge is 0.464 e. The van der Waals surface area contributed by atoms with Crippen LogP contribution in [0.1, 0.15) is 37.3 Å². The predicted octanol–water partition coefficient (Wildman–Crippen LogP) is 1.20. The van der Waals surface area contributed by atoms with Crippen molar-refractivity contribution in [3.8, 4) is 0 Å². The van der Waals surface area contributed by atoms with E-state index >= 15 is 0 Å². The molecule has 0 aliphatic carbocycles. The molecule has 2 fully saturated rings. The highest BCUT2D eigenvalue weighted by molar-refractivity contribution is 5.78. The number of hydrogen-bond acceptors (Lipinski definition) is 5. The van der Waals surface area contributed by atoms with Crippen LogP contribution in [0.3, 0.4) is 0 Å². The summed E-state index contributed by atoms with van der Waals surface area (Å²) in [6, 6.07) is 4.04. The van der Waals surface area contributed by atoms with Crippen molar-refractivity contribution < 1.29 is 19.1 Å². The quantitative estimate of drug-likeness (QED) is 0.852. The lowest BCUT2D eigenvalue weighted by atomic mass is 10.1.